The van der Waals surface area contributed by atoms with E-state index in [1.807, 2.05) is 19.1 Å². The lowest BCUT2D eigenvalue weighted by Crippen LogP contribution is -2.10. The van der Waals surface area contributed by atoms with E-state index in [1.54, 1.807) is 12.2 Å². The molecule has 12 heavy (non-hydrogen) atoms. The third kappa shape index (κ3) is 5.24. The highest BCUT2D eigenvalue weighted by Crippen LogP contribution is 1.93. The molecule has 1 atom stereocenters. The van der Waals surface area contributed by atoms with E-state index < -0.39 is 12.1 Å². The number of carbonyl (C=O) groups excluding carboxylic acids is 1. The van der Waals surface area contributed by atoms with Crippen LogP contribution < -0.4 is 0 Å². The van der Waals surface area contributed by atoms with Crippen molar-refractivity contribution in [2.45, 2.75) is 20.0 Å². The maximum absolute atomic E-state index is 10.4. The highest BCUT2D eigenvalue weighted by Gasteiger charge is 2.03. The number of nitrogens with zero attached hydrogens (tertiary/aromatic N) is 1. The van der Waals surface area contributed by atoms with E-state index in [0.29, 0.717) is 0 Å². The smallest absolute Gasteiger partial charge is 0.304 e. The Morgan fingerprint density at radius 2 is 2.25 bits per heavy atom. The van der Waals surface area contributed by atoms with Crippen molar-refractivity contribution in [3.05, 3.63) is 24.3 Å². The van der Waals surface area contributed by atoms with Crippen LogP contribution in [0.1, 0.15) is 13.8 Å². The van der Waals surface area contributed by atoms with Crippen molar-refractivity contribution < 1.29 is 9.53 Å². The molecular weight excluding hydrogens is 154 g/mol. The van der Waals surface area contributed by atoms with Gasteiger partial charge in [-0.15, -0.1) is 0 Å². The van der Waals surface area contributed by atoms with Gasteiger partial charge in [0.15, 0.2) is 0 Å². The first-order valence-electron chi connectivity index (χ1n) is 3.57. The Kier molecular flexibility index (Phi) is 5.37. The first-order chi connectivity index (χ1) is 5.70. The quantitative estimate of drug-likeness (QED) is 0.471. The van der Waals surface area contributed by atoms with Crippen molar-refractivity contribution in [2.75, 3.05) is 0 Å². The summed E-state index contributed by atoms with van der Waals surface area (Å²) in [5, 5.41) is 8.47. The predicted octanol–water partition coefficient (Wildman–Crippen LogP) is 1.57. The third-order valence-electron chi connectivity index (χ3n) is 1.01. The van der Waals surface area contributed by atoms with Gasteiger partial charge in [0, 0.05) is 6.92 Å². The summed E-state index contributed by atoms with van der Waals surface area (Å²) in [6.07, 6.45) is 5.98. The van der Waals surface area contributed by atoms with Gasteiger partial charge in [-0.2, -0.15) is 5.26 Å². The number of allylic oxidation sites excluding steroid dienone is 3. The van der Waals surface area contributed by atoms with E-state index in [-0.39, 0.29) is 0 Å². The summed E-state index contributed by atoms with van der Waals surface area (Å²) in [7, 11) is 0. The van der Waals surface area contributed by atoms with Crippen molar-refractivity contribution in [1.29, 1.82) is 5.26 Å². The second-order valence-corrected chi connectivity index (χ2v) is 2.07. The van der Waals surface area contributed by atoms with Gasteiger partial charge in [-0.05, 0) is 13.0 Å². The summed E-state index contributed by atoms with van der Waals surface area (Å²) < 4.78 is 4.63. The van der Waals surface area contributed by atoms with E-state index in [1.165, 1.54) is 13.0 Å². The average Bonchev–Trinajstić information content (AvgIpc) is 2.02. The number of ether oxygens (including phenoxy) is 1. The minimum absolute atomic E-state index is 0.452. The number of carbonyl (C=O) groups is 1. The monoisotopic (exact) mass is 165 g/mol. The van der Waals surface area contributed by atoms with Crippen molar-refractivity contribution in [1.82, 2.24) is 0 Å². The van der Waals surface area contributed by atoms with Crippen LogP contribution in [0.3, 0.4) is 0 Å². The SMILES string of the molecule is C/C=C/C=C/[C@@H](C#N)OC(C)=O. The molecule has 0 amide bonds. The standard InChI is InChI=1S/C9H11NO2/c1-3-4-5-6-9(7-10)12-8(2)11/h3-6,9H,1-2H3/b4-3+,6-5+/t9-/m0/s1. The topological polar surface area (TPSA) is 50.1 Å². The van der Waals surface area contributed by atoms with Gasteiger partial charge in [0.05, 0.1) is 0 Å². The van der Waals surface area contributed by atoms with Crippen molar-refractivity contribution in [2.24, 2.45) is 0 Å². The van der Waals surface area contributed by atoms with E-state index in [4.69, 9.17) is 5.26 Å². The molecule has 0 unspecified atom stereocenters. The normalized spacial score (nSPS) is 13.1. The molecule has 0 aliphatic rings. The molecule has 0 bridgehead atoms. The summed E-state index contributed by atoms with van der Waals surface area (Å²) in [5.74, 6) is -0.452. The highest BCUT2D eigenvalue weighted by atomic mass is 16.5. The molecule has 0 N–H and O–H groups in total. The van der Waals surface area contributed by atoms with Gasteiger partial charge < -0.3 is 4.74 Å². The Morgan fingerprint density at radius 1 is 1.58 bits per heavy atom. The molecule has 0 saturated carbocycles. The second-order valence-electron chi connectivity index (χ2n) is 2.07. The molecule has 0 spiro atoms. The zero-order chi connectivity index (χ0) is 9.40. The van der Waals surface area contributed by atoms with Crippen molar-refractivity contribution in [3.8, 4) is 6.07 Å². The molecule has 0 aliphatic heterocycles. The molecule has 0 aromatic carbocycles. The summed E-state index contributed by atoms with van der Waals surface area (Å²) >= 11 is 0. The lowest BCUT2D eigenvalue weighted by Gasteiger charge is -2.01. The fourth-order valence-electron chi connectivity index (χ4n) is 0.564. The lowest BCUT2D eigenvalue weighted by molar-refractivity contribution is -0.142. The fraction of sp³-hybridized carbons (Fsp3) is 0.333. The first-order valence-corrected chi connectivity index (χ1v) is 3.57. The minimum atomic E-state index is -0.779. The molecule has 0 aliphatic carbocycles. The molecular formula is C9H11NO2. The fourth-order valence-corrected chi connectivity index (χ4v) is 0.564. The number of nitriles is 1. The largest absolute Gasteiger partial charge is 0.443 e. The van der Waals surface area contributed by atoms with Gasteiger partial charge in [-0.3, -0.25) is 4.79 Å². The van der Waals surface area contributed by atoms with Crippen LogP contribution in [0.15, 0.2) is 24.3 Å². The van der Waals surface area contributed by atoms with Crippen LogP contribution in [0.4, 0.5) is 0 Å². The molecule has 3 heteroatoms. The van der Waals surface area contributed by atoms with Crippen LogP contribution >= 0.6 is 0 Å². The molecule has 0 fully saturated rings. The highest BCUT2D eigenvalue weighted by molar-refractivity contribution is 5.66. The minimum Gasteiger partial charge on any atom is -0.443 e. The maximum atomic E-state index is 10.4. The van der Waals surface area contributed by atoms with Crippen LogP contribution in [0, 0.1) is 11.3 Å². The summed E-state index contributed by atoms with van der Waals surface area (Å²) in [6, 6.07) is 1.83. The Bertz CT molecular complexity index is 235. The number of hydrogen-bond acceptors (Lipinski definition) is 3. The Morgan fingerprint density at radius 3 is 2.67 bits per heavy atom. The van der Waals surface area contributed by atoms with E-state index in [9.17, 15) is 4.79 Å². The molecule has 0 radical (unpaired) electrons. The lowest BCUT2D eigenvalue weighted by atomic mass is 10.3. The van der Waals surface area contributed by atoms with Crippen LogP contribution in [-0.4, -0.2) is 12.1 Å². The molecule has 0 aromatic rings. The number of esters is 1. The summed E-state index contributed by atoms with van der Waals surface area (Å²) in [4.78, 5) is 10.4. The third-order valence-corrected chi connectivity index (χ3v) is 1.01. The second kappa shape index (κ2) is 6.17. The predicted molar refractivity (Wildman–Crippen MR) is 45.1 cm³/mol. The Hall–Kier alpha value is -1.56. The molecule has 0 aromatic heterocycles. The van der Waals surface area contributed by atoms with Crippen LogP contribution in [0.25, 0.3) is 0 Å². The number of rotatable bonds is 3. The number of hydrogen-bond donors (Lipinski definition) is 0. The zero-order valence-corrected chi connectivity index (χ0v) is 7.15. The Labute approximate surface area is 71.9 Å². The van der Waals surface area contributed by atoms with Crippen molar-refractivity contribution in [3.63, 3.8) is 0 Å². The zero-order valence-electron chi connectivity index (χ0n) is 7.15. The van der Waals surface area contributed by atoms with Crippen LogP contribution in [-0.2, 0) is 9.53 Å². The van der Waals surface area contributed by atoms with Gasteiger partial charge in [0.25, 0.3) is 0 Å². The van der Waals surface area contributed by atoms with E-state index in [0.717, 1.165) is 0 Å². The van der Waals surface area contributed by atoms with Crippen LogP contribution in [0.5, 0.6) is 0 Å². The van der Waals surface area contributed by atoms with Crippen LogP contribution in [0.2, 0.25) is 0 Å². The molecule has 0 rings (SSSR count). The molecule has 0 heterocycles. The Balaban J connectivity index is 4.01. The molecule has 64 valence electrons. The maximum Gasteiger partial charge on any atom is 0.304 e. The first kappa shape index (κ1) is 10.4. The van der Waals surface area contributed by atoms with Gasteiger partial charge in [-0.1, -0.05) is 18.2 Å². The summed E-state index contributed by atoms with van der Waals surface area (Å²) in [6.45, 7) is 3.13. The van der Waals surface area contributed by atoms with Crippen molar-refractivity contribution >= 4 is 5.97 Å². The van der Waals surface area contributed by atoms with Gasteiger partial charge in [0.1, 0.15) is 6.07 Å². The average molecular weight is 165 g/mol. The van der Waals surface area contributed by atoms with Gasteiger partial charge in [0.2, 0.25) is 6.10 Å². The summed E-state index contributed by atoms with van der Waals surface area (Å²) in [5.41, 5.74) is 0. The molecule has 0 saturated heterocycles. The molecule has 3 nitrogen and oxygen atoms in total. The van der Waals surface area contributed by atoms with E-state index in [2.05, 4.69) is 4.74 Å². The van der Waals surface area contributed by atoms with Gasteiger partial charge in [-0.25, -0.2) is 0 Å². The van der Waals surface area contributed by atoms with E-state index >= 15 is 0 Å². The van der Waals surface area contributed by atoms with Gasteiger partial charge >= 0.3 is 5.97 Å².